The molecule has 0 aliphatic carbocycles. The summed E-state index contributed by atoms with van der Waals surface area (Å²) >= 11 is 5.79. The van der Waals surface area contributed by atoms with E-state index in [0.717, 1.165) is 35.3 Å². The van der Waals surface area contributed by atoms with Crippen molar-refractivity contribution in [2.45, 2.75) is 6.42 Å². The number of imidazole rings is 1. The molecule has 0 aliphatic rings. The number of benzene rings is 2. The number of hydrogen-bond acceptors (Lipinski definition) is 9. The molecule has 11 nitrogen and oxygen atoms in total. The van der Waals surface area contributed by atoms with E-state index in [1.807, 2.05) is 0 Å². The van der Waals surface area contributed by atoms with Crippen molar-refractivity contribution in [3.63, 3.8) is 0 Å². The Morgan fingerprint density at radius 3 is 2.39 bits per heavy atom. The van der Waals surface area contributed by atoms with E-state index in [2.05, 4.69) is 18.8 Å². The number of fused-ring (bicyclic) bond motifs is 1. The summed E-state index contributed by atoms with van der Waals surface area (Å²) < 4.78 is 102. The molecule has 0 saturated carbocycles. The highest BCUT2D eigenvalue weighted by Gasteiger charge is 2.29. The van der Waals surface area contributed by atoms with Crippen LogP contribution in [0.2, 0.25) is 5.02 Å². The van der Waals surface area contributed by atoms with E-state index in [1.165, 1.54) is 0 Å². The molecule has 0 N–H and O–H groups in total. The molecule has 2 aromatic heterocycles. The largest absolute Gasteiger partial charge is 0.446 e. The average molecular weight is 567 g/mol. The van der Waals surface area contributed by atoms with Gasteiger partial charge in [0.15, 0.2) is 17.5 Å². The molecule has 4 rings (SSSR count). The fourth-order valence-electron chi connectivity index (χ4n) is 3.46. The third-order valence-corrected chi connectivity index (χ3v) is 6.75. The first-order valence-electron chi connectivity index (χ1n) is 9.68. The highest BCUT2D eigenvalue weighted by atomic mass is 35.5. The maximum atomic E-state index is 14.8. The third-order valence-electron chi connectivity index (χ3n) is 4.81. The molecule has 0 atom stereocenters. The number of aromatic nitrogens is 4. The quantitative estimate of drug-likeness (QED) is 0.308. The maximum absolute atomic E-state index is 14.8. The first-order chi connectivity index (χ1) is 16.7. The monoisotopic (exact) mass is 566 g/mol. The van der Waals surface area contributed by atoms with Gasteiger partial charge in [0.1, 0.15) is 17.2 Å². The zero-order chi connectivity index (χ0) is 26.6. The van der Waals surface area contributed by atoms with Gasteiger partial charge in [-0.2, -0.15) is 8.42 Å². The lowest BCUT2D eigenvalue weighted by molar-refractivity contribution is 0.323. The molecule has 17 heteroatoms. The molecule has 0 fully saturated rings. The van der Waals surface area contributed by atoms with Gasteiger partial charge >= 0.3 is 5.76 Å². The van der Waals surface area contributed by atoms with Gasteiger partial charge in [0, 0.05) is 6.42 Å². The number of halogens is 4. The topological polar surface area (TPSA) is 143 Å². The lowest BCUT2D eigenvalue weighted by atomic mass is 10.1. The second-order valence-electron chi connectivity index (χ2n) is 7.45. The van der Waals surface area contributed by atoms with E-state index in [0.29, 0.717) is 10.0 Å². The highest BCUT2D eigenvalue weighted by Crippen LogP contribution is 2.34. The summed E-state index contributed by atoms with van der Waals surface area (Å²) in [6.45, 7) is -0.556. The van der Waals surface area contributed by atoms with Gasteiger partial charge in [-0.3, -0.25) is 8.71 Å². The van der Waals surface area contributed by atoms with Gasteiger partial charge in [-0.15, -0.1) is 0 Å². The molecule has 192 valence electrons. The van der Waals surface area contributed by atoms with Gasteiger partial charge in [0.25, 0.3) is 10.1 Å². The first-order valence-corrected chi connectivity index (χ1v) is 13.7. The summed E-state index contributed by atoms with van der Waals surface area (Å²) in [7, 11) is -8.18. The zero-order valence-corrected chi connectivity index (χ0v) is 20.6. The van der Waals surface area contributed by atoms with Gasteiger partial charge in [-0.25, -0.2) is 39.9 Å². The van der Waals surface area contributed by atoms with Crippen LogP contribution in [0.15, 0.2) is 33.6 Å². The van der Waals surface area contributed by atoms with Crippen LogP contribution in [0, 0.1) is 17.5 Å². The van der Waals surface area contributed by atoms with Crippen molar-refractivity contribution in [2.24, 2.45) is 0 Å². The summed E-state index contributed by atoms with van der Waals surface area (Å²) in [5.41, 5.74) is -1.76. The van der Waals surface area contributed by atoms with E-state index in [9.17, 15) is 34.8 Å². The van der Waals surface area contributed by atoms with E-state index in [4.69, 9.17) is 11.6 Å². The average Bonchev–Trinajstić information content (AvgIpc) is 3.33. The zero-order valence-electron chi connectivity index (χ0n) is 18.2. The molecule has 0 bridgehead atoms. The minimum Gasteiger partial charge on any atom is -0.295 e. The first kappa shape index (κ1) is 25.9. The van der Waals surface area contributed by atoms with Crippen molar-refractivity contribution in [2.75, 3.05) is 19.1 Å². The SMILES string of the molecule is CS(=O)(=O)OCCc1nc2c(F)c(F)cc(-c3noc(=O)n3-c3ccc(F)c(Cl)c3)c2n1S(C)(=O)=O. The lowest BCUT2D eigenvalue weighted by Crippen LogP contribution is -2.17. The summed E-state index contributed by atoms with van der Waals surface area (Å²) in [5.74, 6) is -5.77. The minimum atomic E-state index is -4.28. The van der Waals surface area contributed by atoms with Crippen molar-refractivity contribution >= 4 is 42.8 Å². The van der Waals surface area contributed by atoms with Crippen LogP contribution in [-0.4, -0.2) is 54.6 Å². The Hall–Kier alpha value is -3.21. The fourth-order valence-corrected chi connectivity index (χ4v) is 5.05. The number of nitrogens with zero attached hydrogens (tertiary/aromatic N) is 4. The maximum Gasteiger partial charge on any atom is 0.446 e. The van der Waals surface area contributed by atoms with Gasteiger partial charge in [0.2, 0.25) is 10.0 Å². The number of hydrogen-bond donors (Lipinski definition) is 0. The molecular weight excluding hydrogens is 553 g/mol. The van der Waals surface area contributed by atoms with Crippen molar-refractivity contribution in [3.8, 4) is 17.1 Å². The van der Waals surface area contributed by atoms with Crippen LogP contribution in [0.4, 0.5) is 13.2 Å². The van der Waals surface area contributed by atoms with Crippen molar-refractivity contribution in [3.05, 3.63) is 63.1 Å². The molecule has 2 heterocycles. The van der Waals surface area contributed by atoms with E-state index >= 15 is 0 Å². The van der Waals surface area contributed by atoms with Crippen LogP contribution in [0.25, 0.3) is 28.1 Å². The Bertz CT molecular complexity index is 1800. The Balaban J connectivity index is 2.04. The van der Waals surface area contributed by atoms with Gasteiger partial charge in [-0.05, 0) is 24.3 Å². The Labute approximate surface area is 205 Å². The number of rotatable bonds is 7. The summed E-state index contributed by atoms with van der Waals surface area (Å²) in [6.07, 6.45) is 1.08. The normalized spacial score (nSPS) is 12.5. The van der Waals surface area contributed by atoms with Crippen LogP contribution in [-0.2, 0) is 30.7 Å². The Morgan fingerprint density at radius 1 is 1.08 bits per heavy atom. The van der Waals surface area contributed by atoms with Crippen molar-refractivity contribution in [1.29, 1.82) is 0 Å². The van der Waals surface area contributed by atoms with E-state index in [-0.39, 0.29) is 16.5 Å². The van der Waals surface area contributed by atoms with Crippen LogP contribution < -0.4 is 5.76 Å². The van der Waals surface area contributed by atoms with Crippen molar-refractivity contribution < 1.29 is 38.7 Å². The summed E-state index contributed by atoms with van der Waals surface area (Å²) in [4.78, 5) is 16.3. The molecular formula is C19H14ClF3N4O7S2. The second kappa shape index (κ2) is 9.02. The predicted molar refractivity (Wildman–Crippen MR) is 120 cm³/mol. The van der Waals surface area contributed by atoms with Crippen LogP contribution in [0.1, 0.15) is 5.82 Å². The lowest BCUT2D eigenvalue weighted by Gasteiger charge is -2.11. The van der Waals surface area contributed by atoms with Crippen LogP contribution in [0.5, 0.6) is 0 Å². The van der Waals surface area contributed by atoms with Crippen molar-refractivity contribution in [1.82, 2.24) is 18.7 Å². The molecule has 0 unspecified atom stereocenters. The molecule has 0 amide bonds. The molecule has 2 aromatic carbocycles. The molecule has 0 spiro atoms. The third kappa shape index (κ3) is 4.76. The molecule has 4 aromatic rings. The second-order valence-corrected chi connectivity index (χ2v) is 11.3. The van der Waals surface area contributed by atoms with E-state index < -0.39 is 78.8 Å². The molecule has 0 saturated heterocycles. The van der Waals surface area contributed by atoms with E-state index in [1.54, 1.807) is 0 Å². The summed E-state index contributed by atoms with van der Waals surface area (Å²) in [5, 5.41) is 3.19. The molecule has 36 heavy (non-hydrogen) atoms. The van der Waals surface area contributed by atoms with Gasteiger partial charge in [-0.1, -0.05) is 16.8 Å². The van der Waals surface area contributed by atoms with Crippen LogP contribution >= 0.6 is 11.6 Å². The summed E-state index contributed by atoms with van der Waals surface area (Å²) in [6, 6.07) is 3.68. The smallest absolute Gasteiger partial charge is 0.295 e. The standard InChI is InChI=1S/C19H14ClF3N4O7S2/c1-35(29,30)27-14(5-6-33-36(2,31)32)24-16-15(23)13(22)8-10(17(16)27)18-25-34-19(28)26(18)9-3-4-12(21)11(20)7-9/h3-4,7-8H,5-6H2,1-2H3. The molecule has 0 aliphatic heterocycles. The minimum absolute atomic E-state index is 0.0762. The predicted octanol–water partition coefficient (Wildman–Crippen LogP) is 2.24. The Morgan fingerprint density at radius 2 is 1.78 bits per heavy atom. The van der Waals surface area contributed by atoms with Gasteiger partial charge < -0.3 is 0 Å². The van der Waals surface area contributed by atoms with Gasteiger partial charge in [0.05, 0.1) is 40.9 Å². The molecule has 0 radical (unpaired) electrons. The highest BCUT2D eigenvalue weighted by molar-refractivity contribution is 7.89. The fraction of sp³-hybridized carbons (Fsp3) is 0.211. The van der Waals surface area contributed by atoms with Crippen LogP contribution in [0.3, 0.4) is 0 Å². The Kier molecular flexibility index (Phi) is 6.48.